The van der Waals surface area contributed by atoms with Crippen molar-refractivity contribution < 1.29 is 23.8 Å². The topological polar surface area (TPSA) is 84.6 Å². The standard InChI is InChI=1S/C18H12BrNO5/c19-12-6-10(7-15-17(12)24-9-23-15)5-11(8-16(21)22)18-20-13-3-1-2-4-14(13)25-18/h1-7H,8-9H2,(H,21,22)/p-1/b11-5+. The Bertz CT molecular complexity index is 975. The lowest BCUT2D eigenvalue weighted by Crippen LogP contribution is -2.22. The second kappa shape index (κ2) is 6.25. The predicted molar refractivity (Wildman–Crippen MR) is 91.8 cm³/mol. The fourth-order valence-corrected chi connectivity index (χ4v) is 3.20. The smallest absolute Gasteiger partial charge is 0.231 e. The summed E-state index contributed by atoms with van der Waals surface area (Å²) in [6, 6.07) is 10.8. The van der Waals surface area contributed by atoms with Crippen molar-refractivity contribution in [3.8, 4) is 11.5 Å². The summed E-state index contributed by atoms with van der Waals surface area (Å²) >= 11 is 3.42. The summed E-state index contributed by atoms with van der Waals surface area (Å²) < 4.78 is 17.2. The van der Waals surface area contributed by atoms with Gasteiger partial charge in [-0.15, -0.1) is 0 Å². The van der Waals surface area contributed by atoms with E-state index < -0.39 is 5.97 Å². The number of para-hydroxylation sites is 2. The van der Waals surface area contributed by atoms with Gasteiger partial charge in [0.25, 0.3) is 0 Å². The first-order valence-electron chi connectivity index (χ1n) is 7.45. The van der Waals surface area contributed by atoms with Crippen LogP contribution in [-0.2, 0) is 4.79 Å². The first-order chi connectivity index (χ1) is 12.1. The zero-order chi connectivity index (χ0) is 17.4. The number of hydrogen-bond acceptors (Lipinski definition) is 6. The van der Waals surface area contributed by atoms with Crippen LogP contribution in [0.1, 0.15) is 17.9 Å². The molecule has 2 aromatic carbocycles. The van der Waals surface area contributed by atoms with Crippen LogP contribution in [0.15, 0.2) is 45.3 Å². The van der Waals surface area contributed by atoms with Crippen molar-refractivity contribution in [2.75, 3.05) is 6.79 Å². The van der Waals surface area contributed by atoms with E-state index in [1.54, 1.807) is 24.3 Å². The third kappa shape index (κ3) is 3.10. The fraction of sp³-hybridized carbons (Fsp3) is 0.111. The van der Waals surface area contributed by atoms with Gasteiger partial charge in [0.05, 0.1) is 4.47 Å². The van der Waals surface area contributed by atoms with E-state index in [1.165, 1.54) is 0 Å². The highest BCUT2D eigenvalue weighted by atomic mass is 79.9. The van der Waals surface area contributed by atoms with Crippen molar-refractivity contribution >= 4 is 44.6 Å². The van der Waals surface area contributed by atoms with Gasteiger partial charge in [-0.3, -0.25) is 0 Å². The van der Waals surface area contributed by atoms with E-state index >= 15 is 0 Å². The van der Waals surface area contributed by atoms with E-state index in [2.05, 4.69) is 20.9 Å². The first-order valence-corrected chi connectivity index (χ1v) is 8.25. The number of carboxylic acid groups (broad SMARTS) is 1. The molecule has 0 fully saturated rings. The zero-order valence-corrected chi connectivity index (χ0v) is 14.4. The summed E-state index contributed by atoms with van der Waals surface area (Å²) in [5, 5.41) is 11.2. The van der Waals surface area contributed by atoms with E-state index in [0.717, 1.165) is 10.0 Å². The molecule has 0 aliphatic carbocycles. The molecule has 7 heteroatoms. The SMILES string of the molecule is O=C([O-])C/C(=C\c1cc(Br)c2c(c1)OCO2)c1nc2ccccc2o1. The number of carbonyl (C=O) groups is 1. The van der Waals surface area contributed by atoms with Crippen LogP contribution in [0.5, 0.6) is 11.5 Å². The van der Waals surface area contributed by atoms with Crippen molar-refractivity contribution in [1.82, 2.24) is 4.98 Å². The van der Waals surface area contributed by atoms with Crippen molar-refractivity contribution in [1.29, 1.82) is 0 Å². The summed E-state index contributed by atoms with van der Waals surface area (Å²) in [4.78, 5) is 15.5. The van der Waals surface area contributed by atoms with Crippen LogP contribution < -0.4 is 14.6 Å². The van der Waals surface area contributed by atoms with Crippen LogP contribution in [0.4, 0.5) is 0 Å². The number of nitrogens with zero attached hydrogens (tertiary/aromatic N) is 1. The normalized spacial score (nSPS) is 13.4. The molecule has 0 radical (unpaired) electrons. The summed E-state index contributed by atoms with van der Waals surface area (Å²) in [5.41, 5.74) is 2.39. The van der Waals surface area contributed by atoms with Crippen LogP contribution >= 0.6 is 15.9 Å². The van der Waals surface area contributed by atoms with Gasteiger partial charge in [0, 0.05) is 18.0 Å². The quantitative estimate of drug-likeness (QED) is 0.669. The third-order valence-electron chi connectivity index (χ3n) is 3.69. The predicted octanol–water partition coefficient (Wildman–Crippen LogP) is 3.00. The van der Waals surface area contributed by atoms with Crippen molar-refractivity contribution in [2.24, 2.45) is 0 Å². The molecule has 1 aliphatic rings. The number of aliphatic carboxylic acids is 1. The Morgan fingerprint density at radius 1 is 1.28 bits per heavy atom. The van der Waals surface area contributed by atoms with Gasteiger partial charge >= 0.3 is 0 Å². The van der Waals surface area contributed by atoms with Gasteiger partial charge < -0.3 is 23.8 Å². The number of aromatic nitrogens is 1. The van der Waals surface area contributed by atoms with E-state index in [9.17, 15) is 9.90 Å². The van der Waals surface area contributed by atoms with Gasteiger partial charge in [-0.05, 0) is 51.8 Å². The van der Waals surface area contributed by atoms with Gasteiger partial charge in [-0.25, -0.2) is 4.98 Å². The molecule has 3 aromatic rings. The maximum absolute atomic E-state index is 11.2. The average molecular weight is 401 g/mol. The molecule has 2 heterocycles. The van der Waals surface area contributed by atoms with Crippen molar-refractivity contribution in [3.05, 3.63) is 52.3 Å². The molecule has 0 amide bonds. The van der Waals surface area contributed by atoms with Gasteiger partial charge in [-0.1, -0.05) is 12.1 Å². The number of ether oxygens (including phenoxy) is 2. The Morgan fingerprint density at radius 3 is 2.92 bits per heavy atom. The van der Waals surface area contributed by atoms with Gasteiger partial charge in [-0.2, -0.15) is 0 Å². The lowest BCUT2D eigenvalue weighted by Gasteiger charge is -2.06. The highest BCUT2D eigenvalue weighted by Gasteiger charge is 2.18. The molecule has 0 atom stereocenters. The van der Waals surface area contributed by atoms with E-state index in [4.69, 9.17) is 13.9 Å². The molecule has 126 valence electrons. The Morgan fingerprint density at radius 2 is 2.12 bits per heavy atom. The number of hydrogen-bond donors (Lipinski definition) is 0. The summed E-state index contributed by atoms with van der Waals surface area (Å²) in [7, 11) is 0. The summed E-state index contributed by atoms with van der Waals surface area (Å²) in [5.74, 6) is 0.249. The average Bonchev–Trinajstić information content (AvgIpc) is 3.20. The van der Waals surface area contributed by atoms with E-state index in [0.29, 0.717) is 28.2 Å². The molecule has 0 bridgehead atoms. The van der Waals surface area contributed by atoms with Crippen molar-refractivity contribution in [2.45, 2.75) is 6.42 Å². The largest absolute Gasteiger partial charge is 0.550 e. The minimum absolute atomic E-state index is 0.151. The van der Waals surface area contributed by atoms with Gasteiger partial charge in [0.15, 0.2) is 17.1 Å². The molecule has 0 unspecified atom stereocenters. The van der Waals surface area contributed by atoms with Crippen LogP contribution in [0.2, 0.25) is 0 Å². The monoisotopic (exact) mass is 400 g/mol. The molecule has 1 aromatic heterocycles. The number of carbonyl (C=O) groups excluding carboxylic acids is 1. The molecule has 4 rings (SSSR count). The van der Waals surface area contributed by atoms with E-state index in [-0.39, 0.29) is 19.1 Å². The number of carboxylic acids is 1. The lowest BCUT2D eigenvalue weighted by molar-refractivity contribution is -0.304. The maximum atomic E-state index is 11.2. The van der Waals surface area contributed by atoms with Crippen LogP contribution in [0.3, 0.4) is 0 Å². The minimum Gasteiger partial charge on any atom is -0.550 e. The third-order valence-corrected chi connectivity index (χ3v) is 4.28. The maximum Gasteiger partial charge on any atom is 0.231 e. The molecular weight excluding hydrogens is 390 g/mol. The Labute approximate surface area is 150 Å². The molecule has 0 saturated carbocycles. The Hall–Kier alpha value is -2.80. The van der Waals surface area contributed by atoms with E-state index in [1.807, 2.05) is 18.2 Å². The summed E-state index contributed by atoms with van der Waals surface area (Å²) in [6.07, 6.45) is 1.37. The number of benzene rings is 2. The number of halogens is 1. The second-order valence-corrected chi connectivity index (χ2v) is 6.30. The highest BCUT2D eigenvalue weighted by Crippen LogP contribution is 2.40. The van der Waals surface area contributed by atoms with Crippen LogP contribution in [0.25, 0.3) is 22.7 Å². The Balaban J connectivity index is 1.80. The molecule has 25 heavy (non-hydrogen) atoms. The number of oxazole rings is 1. The fourth-order valence-electron chi connectivity index (χ4n) is 2.63. The highest BCUT2D eigenvalue weighted by molar-refractivity contribution is 9.10. The molecular formula is C18H11BrNO5-. The van der Waals surface area contributed by atoms with Crippen LogP contribution in [-0.4, -0.2) is 17.7 Å². The summed E-state index contributed by atoms with van der Waals surface area (Å²) in [6.45, 7) is 0.151. The molecule has 0 spiro atoms. The first kappa shape index (κ1) is 15.7. The second-order valence-electron chi connectivity index (χ2n) is 5.44. The Kier molecular flexibility index (Phi) is 3.93. The van der Waals surface area contributed by atoms with Gasteiger partial charge in [0.2, 0.25) is 12.7 Å². The number of fused-ring (bicyclic) bond motifs is 2. The molecule has 6 nitrogen and oxygen atoms in total. The molecule has 0 N–H and O–H groups in total. The van der Waals surface area contributed by atoms with Gasteiger partial charge in [0.1, 0.15) is 5.52 Å². The zero-order valence-electron chi connectivity index (χ0n) is 12.8. The minimum atomic E-state index is -1.21. The number of rotatable bonds is 4. The molecule has 0 saturated heterocycles. The van der Waals surface area contributed by atoms with Crippen molar-refractivity contribution in [3.63, 3.8) is 0 Å². The molecule has 1 aliphatic heterocycles. The lowest BCUT2D eigenvalue weighted by atomic mass is 10.1. The van der Waals surface area contributed by atoms with Crippen LogP contribution in [0, 0.1) is 0 Å².